The van der Waals surface area contributed by atoms with Crippen LogP contribution in [0.4, 0.5) is 5.69 Å². The maximum Gasteiger partial charge on any atom is 0.242 e. The lowest BCUT2D eigenvalue weighted by atomic mass is 10.0. The largest absolute Gasteiger partial charge is 0.357 e. The van der Waals surface area contributed by atoms with Crippen LogP contribution in [0.2, 0.25) is 10.0 Å². The van der Waals surface area contributed by atoms with Gasteiger partial charge in [-0.15, -0.1) is 0 Å². The minimum absolute atomic E-state index is 0.0441. The Labute approximate surface area is 234 Å². The molecule has 0 spiro atoms. The Kier molecular flexibility index (Phi) is 10.6. The van der Waals surface area contributed by atoms with E-state index in [-0.39, 0.29) is 37.7 Å². The van der Waals surface area contributed by atoms with Gasteiger partial charge in [-0.05, 0) is 53.9 Å². The van der Waals surface area contributed by atoms with E-state index in [1.807, 2.05) is 36.4 Å². The third-order valence-electron chi connectivity index (χ3n) is 6.03. The zero-order chi connectivity index (χ0) is 27.7. The number of nitrogens with zero attached hydrogens (tertiary/aromatic N) is 2. The zero-order valence-electron chi connectivity index (χ0n) is 21.3. The lowest BCUT2D eigenvalue weighted by Gasteiger charge is -2.31. The van der Waals surface area contributed by atoms with E-state index in [4.69, 9.17) is 23.2 Å². The number of nitrogens with one attached hydrogen (secondary N) is 1. The summed E-state index contributed by atoms with van der Waals surface area (Å²) in [4.78, 5) is 28.2. The highest BCUT2D eigenvalue weighted by Crippen LogP contribution is 2.22. The summed E-state index contributed by atoms with van der Waals surface area (Å²) in [5, 5.41) is 3.70. The normalized spacial score (nSPS) is 12.0. The number of amides is 2. The third kappa shape index (κ3) is 8.48. The van der Waals surface area contributed by atoms with Crippen LogP contribution in [0.1, 0.15) is 24.0 Å². The Hall–Kier alpha value is -3.07. The van der Waals surface area contributed by atoms with Crippen LogP contribution in [0.5, 0.6) is 0 Å². The van der Waals surface area contributed by atoms with Crippen molar-refractivity contribution < 1.29 is 18.0 Å². The molecule has 1 atom stereocenters. The summed E-state index contributed by atoms with van der Waals surface area (Å²) in [6.07, 6.45) is 1.75. The first kappa shape index (κ1) is 29.5. The van der Waals surface area contributed by atoms with Gasteiger partial charge in [-0.3, -0.25) is 13.9 Å². The van der Waals surface area contributed by atoms with Crippen molar-refractivity contribution in [2.45, 2.75) is 31.8 Å². The summed E-state index contributed by atoms with van der Waals surface area (Å²) in [7, 11) is -2.05. The second-order valence-electron chi connectivity index (χ2n) is 8.89. The lowest BCUT2D eigenvalue weighted by Crippen LogP contribution is -2.49. The van der Waals surface area contributed by atoms with E-state index in [1.54, 1.807) is 54.4 Å². The first-order chi connectivity index (χ1) is 18.1. The summed E-state index contributed by atoms with van der Waals surface area (Å²) < 4.78 is 26.2. The molecule has 1 N–H and O–H groups in total. The average Bonchev–Trinajstić information content (AvgIpc) is 2.88. The van der Waals surface area contributed by atoms with E-state index < -0.39 is 16.1 Å². The molecule has 3 aromatic rings. The van der Waals surface area contributed by atoms with Gasteiger partial charge in [0, 0.05) is 43.0 Å². The highest BCUT2D eigenvalue weighted by molar-refractivity contribution is 7.92. The quantitative estimate of drug-likeness (QED) is 0.332. The van der Waals surface area contributed by atoms with E-state index in [9.17, 15) is 18.0 Å². The smallest absolute Gasteiger partial charge is 0.242 e. The number of halogens is 2. The molecule has 0 aliphatic heterocycles. The summed E-state index contributed by atoms with van der Waals surface area (Å²) in [6, 6.07) is 22.3. The number of benzene rings is 3. The van der Waals surface area contributed by atoms with Gasteiger partial charge in [0.2, 0.25) is 21.8 Å². The molecule has 0 aliphatic rings. The lowest BCUT2D eigenvalue weighted by molar-refractivity contribution is -0.141. The van der Waals surface area contributed by atoms with Crippen molar-refractivity contribution in [2.24, 2.45) is 0 Å². The fourth-order valence-electron chi connectivity index (χ4n) is 4.16. The van der Waals surface area contributed by atoms with Crippen LogP contribution < -0.4 is 9.62 Å². The number of carbonyl (C=O) groups excluding carboxylic acids is 2. The minimum Gasteiger partial charge on any atom is -0.357 e. The molecule has 38 heavy (non-hydrogen) atoms. The molecule has 202 valence electrons. The van der Waals surface area contributed by atoms with Gasteiger partial charge >= 0.3 is 0 Å². The highest BCUT2D eigenvalue weighted by Gasteiger charge is 2.30. The van der Waals surface area contributed by atoms with Crippen LogP contribution in [0.25, 0.3) is 0 Å². The van der Waals surface area contributed by atoms with Crippen molar-refractivity contribution in [1.29, 1.82) is 0 Å². The maximum absolute atomic E-state index is 13.6. The summed E-state index contributed by atoms with van der Waals surface area (Å²) >= 11 is 12.1. The van der Waals surface area contributed by atoms with Crippen LogP contribution in [-0.4, -0.2) is 51.0 Å². The third-order valence-corrected chi connectivity index (χ3v) is 7.71. The van der Waals surface area contributed by atoms with Crippen LogP contribution in [0.3, 0.4) is 0 Å². The van der Waals surface area contributed by atoms with Crippen LogP contribution >= 0.6 is 23.2 Å². The Balaban J connectivity index is 1.84. The number of likely N-dealkylation sites (N-methyl/N-ethyl adjacent to an activating group) is 1. The molecule has 0 aliphatic carbocycles. The Morgan fingerprint density at radius 3 is 2.16 bits per heavy atom. The fourth-order valence-corrected chi connectivity index (χ4v) is 5.47. The van der Waals surface area contributed by atoms with Crippen molar-refractivity contribution in [3.63, 3.8) is 0 Å². The van der Waals surface area contributed by atoms with Gasteiger partial charge in [0.25, 0.3) is 0 Å². The number of hydrogen-bond acceptors (Lipinski definition) is 4. The molecule has 0 saturated carbocycles. The van der Waals surface area contributed by atoms with E-state index in [2.05, 4.69) is 5.32 Å². The number of sulfonamides is 1. The summed E-state index contributed by atoms with van der Waals surface area (Å²) in [5.41, 5.74) is 2.16. The van der Waals surface area contributed by atoms with E-state index in [1.165, 1.54) is 4.31 Å². The molecule has 0 fully saturated rings. The first-order valence-electron chi connectivity index (χ1n) is 12.1. The second-order valence-corrected chi connectivity index (χ2v) is 11.7. The average molecular weight is 577 g/mol. The summed E-state index contributed by atoms with van der Waals surface area (Å²) in [6.45, 7) is 0.276. The first-order valence-corrected chi connectivity index (χ1v) is 14.7. The molecule has 7 nitrogen and oxygen atoms in total. The predicted octanol–water partition coefficient (Wildman–Crippen LogP) is 4.93. The van der Waals surface area contributed by atoms with E-state index >= 15 is 0 Å². The minimum atomic E-state index is -3.59. The van der Waals surface area contributed by atoms with Gasteiger partial charge in [0.05, 0.1) is 11.9 Å². The Bertz CT molecular complexity index is 1340. The summed E-state index contributed by atoms with van der Waals surface area (Å²) in [5.74, 6) is -0.553. The zero-order valence-corrected chi connectivity index (χ0v) is 23.6. The van der Waals surface area contributed by atoms with E-state index in [0.717, 1.165) is 17.4 Å². The standard InChI is InChI=1S/C28H31Cl2N3O4S/c1-31-28(35)26(19-21-8-4-3-5-9-21)32(20-22-10-6-11-24(30)18-22)27(34)12-7-17-33(38(2,36)37)25-15-13-23(29)14-16-25/h3-6,8-11,13-16,18,26H,7,12,17,19-20H2,1-2H3,(H,31,35)/t26-/m1/s1. The topological polar surface area (TPSA) is 86.8 Å². The van der Waals surface area contributed by atoms with Crippen LogP contribution in [-0.2, 0) is 32.6 Å². The second kappa shape index (κ2) is 13.6. The molecule has 2 amide bonds. The van der Waals surface area contributed by atoms with Crippen molar-refractivity contribution >= 4 is 50.7 Å². The van der Waals surface area contributed by atoms with Gasteiger partial charge < -0.3 is 10.2 Å². The van der Waals surface area contributed by atoms with Crippen molar-refractivity contribution in [1.82, 2.24) is 10.2 Å². The maximum atomic E-state index is 13.6. The molecule has 0 aromatic heterocycles. The molecule has 10 heteroatoms. The molecule has 0 unspecified atom stereocenters. The van der Waals surface area contributed by atoms with Crippen LogP contribution in [0.15, 0.2) is 78.9 Å². The molecular formula is C28H31Cl2N3O4S. The molecule has 0 radical (unpaired) electrons. The van der Waals surface area contributed by atoms with Crippen LogP contribution in [0, 0.1) is 0 Å². The number of hydrogen-bond donors (Lipinski definition) is 1. The van der Waals surface area contributed by atoms with Gasteiger partial charge in [0.1, 0.15) is 6.04 Å². The van der Waals surface area contributed by atoms with Crippen molar-refractivity contribution in [2.75, 3.05) is 24.2 Å². The molecule has 0 bridgehead atoms. The number of carbonyl (C=O) groups is 2. The van der Waals surface area contributed by atoms with Gasteiger partial charge in [-0.1, -0.05) is 65.7 Å². The fraction of sp³-hybridized carbons (Fsp3) is 0.286. The van der Waals surface area contributed by atoms with Crippen molar-refractivity contribution in [3.05, 3.63) is 100 Å². The van der Waals surface area contributed by atoms with Crippen molar-refractivity contribution in [3.8, 4) is 0 Å². The monoisotopic (exact) mass is 575 g/mol. The molecule has 0 saturated heterocycles. The van der Waals surface area contributed by atoms with Gasteiger partial charge in [0.15, 0.2) is 0 Å². The molecule has 0 heterocycles. The van der Waals surface area contributed by atoms with Gasteiger partial charge in [-0.2, -0.15) is 0 Å². The predicted molar refractivity (Wildman–Crippen MR) is 153 cm³/mol. The number of anilines is 1. The molecule has 3 aromatic carbocycles. The Morgan fingerprint density at radius 2 is 1.55 bits per heavy atom. The van der Waals surface area contributed by atoms with Gasteiger partial charge in [-0.25, -0.2) is 8.42 Å². The highest BCUT2D eigenvalue weighted by atomic mass is 35.5. The van der Waals surface area contributed by atoms with E-state index in [0.29, 0.717) is 22.2 Å². The molecular weight excluding hydrogens is 545 g/mol. The number of rotatable bonds is 12. The SMILES string of the molecule is CNC(=O)[C@@H](Cc1ccccc1)N(Cc1cccc(Cl)c1)C(=O)CCCN(c1ccc(Cl)cc1)S(C)(=O)=O. The Morgan fingerprint density at radius 1 is 0.895 bits per heavy atom. The molecule has 3 rings (SSSR count).